The number of hydrogen-bond donors (Lipinski definition) is 2. The van der Waals surface area contributed by atoms with E-state index < -0.39 is 0 Å². The van der Waals surface area contributed by atoms with E-state index in [1.54, 1.807) is 6.07 Å². The number of aryl methyl sites for hydroxylation is 1. The van der Waals surface area contributed by atoms with Crippen molar-refractivity contribution in [2.75, 3.05) is 6.61 Å². The summed E-state index contributed by atoms with van der Waals surface area (Å²) in [5.41, 5.74) is 4.71. The predicted molar refractivity (Wildman–Crippen MR) is 105 cm³/mol. The number of nitrogens with zero attached hydrogens (tertiary/aromatic N) is 1. The van der Waals surface area contributed by atoms with Gasteiger partial charge in [-0.3, -0.25) is 9.89 Å². The molecule has 1 aliphatic carbocycles. The topological polar surface area (TPSA) is 67.0 Å². The van der Waals surface area contributed by atoms with Crippen LogP contribution in [-0.2, 0) is 6.42 Å². The Morgan fingerprint density at radius 2 is 2.04 bits per heavy atom. The largest absolute Gasteiger partial charge is 0.494 e. The van der Waals surface area contributed by atoms with Gasteiger partial charge in [-0.1, -0.05) is 24.3 Å². The number of H-pyrrole nitrogens is 1. The van der Waals surface area contributed by atoms with Crippen molar-refractivity contribution in [3.63, 3.8) is 0 Å². The number of ether oxygens (including phenoxy) is 1. The third-order valence-electron chi connectivity index (χ3n) is 4.96. The fraction of sp³-hybridized carbons (Fsp3) is 0.273. The maximum atomic E-state index is 12.7. The van der Waals surface area contributed by atoms with Crippen molar-refractivity contribution in [3.8, 4) is 17.0 Å². The first kappa shape index (κ1) is 17.3. The predicted octanol–water partition coefficient (Wildman–Crippen LogP) is 4.28. The molecule has 1 aliphatic rings. The first-order valence-corrected chi connectivity index (χ1v) is 9.42. The standard InChI is InChI=1S/C22H23N3O2/c1-2-27-17-12-10-16(11-13-17)20-14-21(25-24-20)22(26)23-19-9-5-7-15-6-3-4-8-18(15)19/h3-4,6,8,10-14,19H,2,5,7,9H2,1H3,(H,23,26)(H,24,25)/t19-/m1/s1. The van der Waals surface area contributed by atoms with E-state index in [0.717, 1.165) is 36.3 Å². The summed E-state index contributed by atoms with van der Waals surface area (Å²) in [6, 6.07) is 17.9. The Morgan fingerprint density at radius 3 is 2.85 bits per heavy atom. The second-order valence-corrected chi connectivity index (χ2v) is 6.74. The van der Waals surface area contributed by atoms with Crippen LogP contribution >= 0.6 is 0 Å². The van der Waals surface area contributed by atoms with Crippen LogP contribution in [-0.4, -0.2) is 22.7 Å². The van der Waals surface area contributed by atoms with Gasteiger partial charge in [0.2, 0.25) is 0 Å². The lowest BCUT2D eigenvalue weighted by Gasteiger charge is -2.26. The number of aromatic amines is 1. The Labute approximate surface area is 158 Å². The minimum atomic E-state index is -0.124. The maximum Gasteiger partial charge on any atom is 0.269 e. The van der Waals surface area contributed by atoms with E-state index in [2.05, 4.69) is 33.7 Å². The molecule has 5 nitrogen and oxygen atoms in total. The number of hydrogen-bond acceptors (Lipinski definition) is 3. The Bertz CT molecular complexity index is 931. The minimum absolute atomic E-state index is 0.0553. The van der Waals surface area contributed by atoms with Gasteiger partial charge in [-0.2, -0.15) is 5.10 Å². The smallest absolute Gasteiger partial charge is 0.269 e. The van der Waals surface area contributed by atoms with Gasteiger partial charge < -0.3 is 10.1 Å². The molecule has 1 heterocycles. The SMILES string of the molecule is CCOc1ccc(-c2cc(C(=O)N[C@@H]3CCCc4ccccc43)[nH]n2)cc1. The third kappa shape index (κ3) is 3.72. The third-order valence-corrected chi connectivity index (χ3v) is 4.96. The number of fused-ring (bicyclic) bond motifs is 1. The molecule has 0 bridgehead atoms. The summed E-state index contributed by atoms with van der Waals surface area (Å²) in [7, 11) is 0. The monoisotopic (exact) mass is 361 g/mol. The van der Waals surface area contributed by atoms with Crippen LogP contribution < -0.4 is 10.1 Å². The van der Waals surface area contributed by atoms with Crippen LogP contribution in [0.5, 0.6) is 5.75 Å². The van der Waals surface area contributed by atoms with E-state index in [1.165, 1.54) is 11.1 Å². The average molecular weight is 361 g/mol. The molecule has 138 valence electrons. The minimum Gasteiger partial charge on any atom is -0.494 e. The second-order valence-electron chi connectivity index (χ2n) is 6.74. The van der Waals surface area contributed by atoms with Gasteiger partial charge in [0, 0.05) is 5.56 Å². The fourth-order valence-corrected chi connectivity index (χ4v) is 3.61. The highest BCUT2D eigenvalue weighted by molar-refractivity contribution is 5.93. The van der Waals surface area contributed by atoms with Crippen LogP contribution in [0.15, 0.2) is 54.6 Å². The van der Waals surface area contributed by atoms with E-state index >= 15 is 0 Å². The molecular formula is C22H23N3O2. The van der Waals surface area contributed by atoms with Crippen LogP contribution in [0.1, 0.15) is 47.4 Å². The summed E-state index contributed by atoms with van der Waals surface area (Å²) in [6.45, 7) is 2.59. The van der Waals surface area contributed by atoms with Crippen molar-refractivity contribution in [2.45, 2.75) is 32.2 Å². The number of aromatic nitrogens is 2. The van der Waals surface area contributed by atoms with Gasteiger partial charge in [0.05, 0.1) is 18.3 Å². The molecule has 2 N–H and O–H groups in total. The fourth-order valence-electron chi connectivity index (χ4n) is 3.61. The molecule has 0 aliphatic heterocycles. The Hall–Kier alpha value is -3.08. The van der Waals surface area contributed by atoms with Crippen molar-refractivity contribution in [3.05, 3.63) is 71.4 Å². The summed E-state index contributed by atoms with van der Waals surface area (Å²) in [6.07, 6.45) is 3.12. The molecule has 0 fully saturated rings. The average Bonchev–Trinajstić information content (AvgIpc) is 3.19. The lowest BCUT2D eigenvalue weighted by Crippen LogP contribution is -2.31. The summed E-state index contributed by atoms with van der Waals surface area (Å²) >= 11 is 0. The zero-order chi connectivity index (χ0) is 18.6. The van der Waals surface area contributed by atoms with Crippen LogP contribution in [0.25, 0.3) is 11.3 Å². The van der Waals surface area contributed by atoms with E-state index in [-0.39, 0.29) is 11.9 Å². The van der Waals surface area contributed by atoms with E-state index in [9.17, 15) is 4.79 Å². The van der Waals surface area contributed by atoms with Crippen molar-refractivity contribution in [1.29, 1.82) is 0 Å². The molecule has 1 aromatic heterocycles. The zero-order valence-corrected chi connectivity index (χ0v) is 15.4. The molecule has 5 heteroatoms. The molecule has 0 spiro atoms. The van der Waals surface area contributed by atoms with E-state index in [1.807, 2.05) is 37.3 Å². The van der Waals surface area contributed by atoms with Gasteiger partial charge in [-0.15, -0.1) is 0 Å². The highest BCUT2D eigenvalue weighted by Gasteiger charge is 2.22. The molecule has 0 radical (unpaired) electrons. The molecule has 1 atom stereocenters. The van der Waals surface area contributed by atoms with Gasteiger partial charge in [0.25, 0.3) is 5.91 Å². The summed E-state index contributed by atoms with van der Waals surface area (Å²) in [5, 5.41) is 10.3. The number of nitrogens with one attached hydrogen (secondary N) is 2. The van der Waals surface area contributed by atoms with Gasteiger partial charge >= 0.3 is 0 Å². The van der Waals surface area contributed by atoms with Crippen molar-refractivity contribution in [2.24, 2.45) is 0 Å². The lowest BCUT2D eigenvalue weighted by atomic mass is 9.87. The van der Waals surface area contributed by atoms with Crippen LogP contribution in [0.4, 0.5) is 0 Å². The highest BCUT2D eigenvalue weighted by Crippen LogP contribution is 2.29. The first-order chi connectivity index (χ1) is 13.2. The molecule has 3 aromatic rings. The molecule has 1 amide bonds. The van der Waals surface area contributed by atoms with Crippen molar-refractivity contribution < 1.29 is 9.53 Å². The number of carbonyl (C=O) groups is 1. The second kappa shape index (κ2) is 7.66. The lowest BCUT2D eigenvalue weighted by molar-refractivity contribution is 0.0927. The number of carbonyl (C=O) groups excluding carboxylic acids is 1. The zero-order valence-electron chi connectivity index (χ0n) is 15.4. The molecule has 0 unspecified atom stereocenters. The Balaban J connectivity index is 1.48. The van der Waals surface area contributed by atoms with Gasteiger partial charge in [0.15, 0.2) is 0 Å². The molecule has 27 heavy (non-hydrogen) atoms. The summed E-state index contributed by atoms with van der Waals surface area (Å²) in [5.74, 6) is 0.701. The van der Waals surface area contributed by atoms with Gasteiger partial charge in [-0.25, -0.2) is 0 Å². The highest BCUT2D eigenvalue weighted by atomic mass is 16.5. The summed E-state index contributed by atoms with van der Waals surface area (Å²) < 4.78 is 5.46. The number of benzene rings is 2. The quantitative estimate of drug-likeness (QED) is 0.713. The van der Waals surface area contributed by atoms with Crippen LogP contribution in [0.2, 0.25) is 0 Å². The molecular weight excluding hydrogens is 338 g/mol. The molecule has 4 rings (SSSR count). The number of rotatable bonds is 5. The van der Waals surface area contributed by atoms with Crippen molar-refractivity contribution in [1.82, 2.24) is 15.5 Å². The van der Waals surface area contributed by atoms with E-state index in [4.69, 9.17) is 4.74 Å². The number of amides is 1. The Morgan fingerprint density at radius 1 is 1.22 bits per heavy atom. The van der Waals surface area contributed by atoms with Gasteiger partial charge in [-0.05, 0) is 67.6 Å². The first-order valence-electron chi connectivity index (χ1n) is 9.42. The van der Waals surface area contributed by atoms with Gasteiger partial charge in [0.1, 0.15) is 11.4 Å². The molecule has 0 saturated heterocycles. The van der Waals surface area contributed by atoms with Crippen LogP contribution in [0.3, 0.4) is 0 Å². The van der Waals surface area contributed by atoms with Crippen LogP contribution in [0, 0.1) is 0 Å². The normalized spacial score (nSPS) is 15.8. The summed E-state index contributed by atoms with van der Waals surface area (Å²) in [4.78, 5) is 12.7. The molecule has 2 aromatic carbocycles. The van der Waals surface area contributed by atoms with Crippen molar-refractivity contribution >= 4 is 5.91 Å². The Kier molecular flexibility index (Phi) is 4.92. The molecule has 0 saturated carbocycles. The maximum absolute atomic E-state index is 12.7. The van der Waals surface area contributed by atoms with E-state index in [0.29, 0.717) is 12.3 Å².